The molecule has 4 nitrogen and oxygen atoms in total. The molecular weight excluding hydrogens is 269 g/mol. The first-order valence-electron chi connectivity index (χ1n) is 6.88. The van der Waals surface area contributed by atoms with Crippen molar-refractivity contribution in [3.05, 3.63) is 59.5 Å². The predicted octanol–water partition coefficient (Wildman–Crippen LogP) is 2.55. The lowest BCUT2D eigenvalue weighted by molar-refractivity contribution is 0.0963. The second kappa shape index (κ2) is 5.52. The number of benzene rings is 1. The van der Waals surface area contributed by atoms with E-state index in [1.54, 1.807) is 37.5 Å². The molecule has 5 heteroatoms. The molecule has 1 aliphatic rings. The minimum Gasteiger partial charge on any atom is -0.366 e. The van der Waals surface area contributed by atoms with Gasteiger partial charge in [-0.3, -0.25) is 4.79 Å². The molecule has 0 spiro atoms. The van der Waals surface area contributed by atoms with Gasteiger partial charge in [-0.05, 0) is 36.2 Å². The molecule has 1 saturated carbocycles. The largest absolute Gasteiger partial charge is 0.366 e. The minimum atomic E-state index is -0.226. The van der Waals surface area contributed by atoms with Crippen LogP contribution >= 0.6 is 0 Å². The van der Waals surface area contributed by atoms with Gasteiger partial charge in [-0.25, -0.2) is 9.37 Å². The Labute approximate surface area is 122 Å². The Kier molecular flexibility index (Phi) is 3.56. The van der Waals surface area contributed by atoms with E-state index in [-0.39, 0.29) is 17.8 Å². The molecule has 21 heavy (non-hydrogen) atoms. The van der Waals surface area contributed by atoms with Crippen LogP contribution in [-0.4, -0.2) is 24.0 Å². The van der Waals surface area contributed by atoms with Crippen LogP contribution in [0.1, 0.15) is 28.3 Å². The Hall–Kier alpha value is -2.43. The number of nitrogens with one attached hydrogen (secondary N) is 2. The minimum absolute atomic E-state index is 0.162. The van der Waals surface area contributed by atoms with Crippen LogP contribution in [0, 0.1) is 5.82 Å². The summed E-state index contributed by atoms with van der Waals surface area (Å²) in [6, 6.07) is 10.3. The third kappa shape index (κ3) is 2.86. The fraction of sp³-hybridized carbons (Fsp3) is 0.250. The van der Waals surface area contributed by atoms with Crippen molar-refractivity contribution in [2.45, 2.75) is 18.4 Å². The van der Waals surface area contributed by atoms with Crippen LogP contribution in [0.15, 0.2) is 42.6 Å². The number of carbonyl (C=O) groups excluding carboxylic acids is 1. The summed E-state index contributed by atoms with van der Waals surface area (Å²) in [6.45, 7) is 0. The second-order valence-corrected chi connectivity index (χ2v) is 5.12. The van der Waals surface area contributed by atoms with E-state index in [1.165, 1.54) is 12.1 Å². The molecule has 1 amide bonds. The smallest absolute Gasteiger partial charge is 0.254 e. The van der Waals surface area contributed by atoms with Crippen LogP contribution < -0.4 is 10.6 Å². The SMILES string of the molecule is CNC(=O)c1cccnc1N[C@@H]1C[C@H]1c1ccc(F)cc1. The zero-order chi connectivity index (χ0) is 14.8. The van der Waals surface area contributed by atoms with Crippen molar-refractivity contribution in [3.8, 4) is 0 Å². The Bertz CT molecular complexity index is 657. The Morgan fingerprint density at radius 1 is 1.29 bits per heavy atom. The lowest BCUT2D eigenvalue weighted by Crippen LogP contribution is -2.21. The average Bonchev–Trinajstić information content (AvgIpc) is 3.27. The highest BCUT2D eigenvalue weighted by atomic mass is 19.1. The number of hydrogen-bond acceptors (Lipinski definition) is 3. The average molecular weight is 285 g/mol. The van der Waals surface area contributed by atoms with E-state index in [0.29, 0.717) is 17.3 Å². The van der Waals surface area contributed by atoms with E-state index in [1.807, 2.05) is 0 Å². The number of rotatable bonds is 4. The van der Waals surface area contributed by atoms with Crippen molar-refractivity contribution >= 4 is 11.7 Å². The molecule has 0 aliphatic heterocycles. The number of aromatic nitrogens is 1. The van der Waals surface area contributed by atoms with Gasteiger partial charge in [-0.15, -0.1) is 0 Å². The molecule has 1 aromatic carbocycles. The van der Waals surface area contributed by atoms with Crippen LogP contribution in [0.4, 0.5) is 10.2 Å². The summed E-state index contributed by atoms with van der Waals surface area (Å²) in [4.78, 5) is 16.0. The first-order valence-corrected chi connectivity index (χ1v) is 6.88. The zero-order valence-corrected chi connectivity index (χ0v) is 11.6. The second-order valence-electron chi connectivity index (χ2n) is 5.12. The van der Waals surface area contributed by atoms with E-state index in [2.05, 4.69) is 15.6 Å². The van der Waals surface area contributed by atoms with Crippen LogP contribution in [0.5, 0.6) is 0 Å². The van der Waals surface area contributed by atoms with Crippen LogP contribution in [0.3, 0.4) is 0 Å². The first kappa shape index (κ1) is 13.5. The number of amides is 1. The summed E-state index contributed by atoms with van der Waals surface area (Å²) in [5.74, 6) is 0.539. The molecule has 1 fully saturated rings. The number of nitrogens with zero attached hydrogens (tertiary/aromatic N) is 1. The quantitative estimate of drug-likeness (QED) is 0.907. The molecule has 1 aromatic heterocycles. The monoisotopic (exact) mass is 285 g/mol. The molecule has 0 radical (unpaired) electrons. The lowest BCUT2D eigenvalue weighted by Gasteiger charge is -2.09. The molecule has 108 valence electrons. The molecule has 0 unspecified atom stereocenters. The van der Waals surface area contributed by atoms with Crippen molar-refractivity contribution in [2.24, 2.45) is 0 Å². The van der Waals surface area contributed by atoms with Crippen LogP contribution in [0.25, 0.3) is 0 Å². The number of pyridine rings is 1. The third-order valence-electron chi connectivity index (χ3n) is 3.69. The first-order chi connectivity index (χ1) is 10.2. The predicted molar refractivity (Wildman–Crippen MR) is 78.8 cm³/mol. The molecule has 2 aromatic rings. The van der Waals surface area contributed by atoms with Crippen molar-refractivity contribution in [1.29, 1.82) is 0 Å². The molecule has 3 rings (SSSR count). The van der Waals surface area contributed by atoms with Gasteiger partial charge in [0.25, 0.3) is 5.91 Å². The van der Waals surface area contributed by atoms with Gasteiger partial charge in [0.2, 0.25) is 0 Å². The Morgan fingerprint density at radius 3 is 2.76 bits per heavy atom. The number of anilines is 1. The van der Waals surface area contributed by atoms with Crippen molar-refractivity contribution in [3.63, 3.8) is 0 Å². The molecule has 1 heterocycles. The molecule has 2 N–H and O–H groups in total. The standard InChI is InChI=1S/C16H16FN3O/c1-18-16(21)12-3-2-8-19-15(12)20-14-9-13(14)10-4-6-11(17)7-5-10/h2-8,13-14H,9H2,1H3,(H,18,21)(H,19,20)/t13-,14+/m0/s1. The van der Waals surface area contributed by atoms with Gasteiger partial charge in [-0.1, -0.05) is 12.1 Å². The van der Waals surface area contributed by atoms with E-state index in [4.69, 9.17) is 0 Å². The number of halogens is 1. The van der Waals surface area contributed by atoms with Gasteiger partial charge in [0.05, 0.1) is 5.56 Å². The van der Waals surface area contributed by atoms with E-state index in [9.17, 15) is 9.18 Å². The summed E-state index contributed by atoms with van der Waals surface area (Å²) >= 11 is 0. The highest BCUT2D eigenvalue weighted by molar-refractivity contribution is 5.98. The zero-order valence-electron chi connectivity index (χ0n) is 11.6. The van der Waals surface area contributed by atoms with Gasteiger partial charge >= 0.3 is 0 Å². The van der Waals surface area contributed by atoms with E-state index >= 15 is 0 Å². The normalized spacial score (nSPS) is 19.9. The number of hydrogen-bond donors (Lipinski definition) is 2. The summed E-state index contributed by atoms with van der Waals surface area (Å²) in [6.07, 6.45) is 2.61. The van der Waals surface area contributed by atoms with Crippen LogP contribution in [0.2, 0.25) is 0 Å². The lowest BCUT2D eigenvalue weighted by atomic mass is 10.1. The van der Waals surface area contributed by atoms with Gasteiger partial charge in [0, 0.05) is 25.2 Å². The molecule has 0 bridgehead atoms. The van der Waals surface area contributed by atoms with E-state index < -0.39 is 0 Å². The topological polar surface area (TPSA) is 54.0 Å². The summed E-state index contributed by atoms with van der Waals surface area (Å²) in [7, 11) is 1.59. The van der Waals surface area contributed by atoms with Crippen molar-refractivity contribution in [1.82, 2.24) is 10.3 Å². The number of carbonyl (C=O) groups is 1. The molecular formula is C16H16FN3O. The van der Waals surface area contributed by atoms with Gasteiger partial charge in [0.15, 0.2) is 0 Å². The molecule has 2 atom stereocenters. The van der Waals surface area contributed by atoms with Crippen LogP contribution in [-0.2, 0) is 0 Å². The maximum Gasteiger partial charge on any atom is 0.254 e. The van der Waals surface area contributed by atoms with Gasteiger partial charge in [-0.2, -0.15) is 0 Å². The summed E-state index contributed by atoms with van der Waals surface area (Å²) in [5, 5.41) is 5.90. The maximum absolute atomic E-state index is 12.9. The highest BCUT2D eigenvalue weighted by Crippen LogP contribution is 2.42. The summed E-state index contributed by atoms with van der Waals surface area (Å²) < 4.78 is 12.9. The Balaban J connectivity index is 1.72. The molecule has 0 saturated heterocycles. The maximum atomic E-state index is 12.9. The molecule has 1 aliphatic carbocycles. The van der Waals surface area contributed by atoms with E-state index in [0.717, 1.165) is 12.0 Å². The highest BCUT2D eigenvalue weighted by Gasteiger charge is 2.39. The fourth-order valence-electron chi connectivity index (χ4n) is 2.45. The van der Waals surface area contributed by atoms with Crippen molar-refractivity contribution < 1.29 is 9.18 Å². The van der Waals surface area contributed by atoms with Gasteiger partial charge in [0.1, 0.15) is 11.6 Å². The van der Waals surface area contributed by atoms with Gasteiger partial charge < -0.3 is 10.6 Å². The third-order valence-corrected chi connectivity index (χ3v) is 3.69. The fourth-order valence-corrected chi connectivity index (χ4v) is 2.45. The Morgan fingerprint density at radius 2 is 2.05 bits per heavy atom. The van der Waals surface area contributed by atoms with Crippen molar-refractivity contribution in [2.75, 3.05) is 12.4 Å². The summed E-state index contributed by atoms with van der Waals surface area (Å²) in [5.41, 5.74) is 1.64.